The van der Waals surface area contributed by atoms with E-state index in [9.17, 15) is 14.0 Å². The fourth-order valence-electron chi connectivity index (χ4n) is 3.23. The van der Waals surface area contributed by atoms with E-state index in [-0.39, 0.29) is 11.7 Å². The van der Waals surface area contributed by atoms with E-state index in [1.54, 1.807) is 12.1 Å². The Balaban J connectivity index is 2.39. The SMILES string of the molecule is CC(C(=O)O)N(C)C(=O)C1(c2ccc(F)cc2)CCCCC1. The molecule has 1 amide bonds. The van der Waals surface area contributed by atoms with Crippen molar-refractivity contribution in [1.29, 1.82) is 0 Å². The maximum atomic E-state index is 13.2. The fraction of sp³-hybridized carbons (Fsp3) is 0.529. The van der Waals surface area contributed by atoms with E-state index in [0.29, 0.717) is 12.8 Å². The summed E-state index contributed by atoms with van der Waals surface area (Å²) in [6, 6.07) is 5.14. The Morgan fingerprint density at radius 2 is 1.73 bits per heavy atom. The minimum absolute atomic E-state index is 0.186. The summed E-state index contributed by atoms with van der Waals surface area (Å²) in [5, 5.41) is 9.15. The molecule has 1 saturated carbocycles. The van der Waals surface area contributed by atoms with Gasteiger partial charge in [0.1, 0.15) is 11.9 Å². The summed E-state index contributed by atoms with van der Waals surface area (Å²) in [7, 11) is 1.53. The van der Waals surface area contributed by atoms with Crippen molar-refractivity contribution in [3.05, 3.63) is 35.6 Å². The molecule has 1 fully saturated rings. The number of likely N-dealkylation sites (N-methyl/N-ethyl adjacent to an activating group) is 1. The van der Waals surface area contributed by atoms with Crippen molar-refractivity contribution in [2.45, 2.75) is 50.5 Å². The average Bonchev–Trinajstić information content (AvgIpc) is 2.53. The van der Waals surface area contributed by atoms with Gasteiger partial charge >= 0.3 is 5.97 Å². The van der Waals surface area contributed by atoms with Crippen LogP contribution < -0.4 is 0 Å². The molecule has 1 aromatic carbocycles. The van der Waals surface area contributed by atoms with Crippen LogP contribution in [0.4, 0.5) is 4.39 Å². The molecule has 0 radical (unpaired) electrons. The third-order valence-electron chi connectivity index (χ3n) is 4.77. The first-order valence-electron chi connectivity index (χ1n) is 7.64. The number of carboxylic acid groups (broad SMARTS) is 1. The van der Waals surface area contributed by atoms with Gasteiger partial charge in [0, 0.05) is 7.05 Å². The molecular formula is C17H22FNO3. The molecule has 1 atom stereocenters. The number of amides is 1. The van der Waals surface area contributed by atoms with E-state index < -0.39 is 17.4 Å². The highest BCUT2D eigenvalue weighted by atomic mass is 19.1. The molecule has 1 unspecified atom stereocenters. The van der Waals surface area contributed by atoms with E-state index in [4.69, 9.17) is 5.11 Å². The maximum Gasteiger partial charge on any atom is 0.326 e. The van der Waals surface area contributed by atoms with E-state index in [1.165, 1.54) is 31.0 Å². The van der Waals surface area contributed by atoms with Crippen LogP contribution in [0.1, 0.15) is 44.6 Å². The topological polar surface area (TPSA) is 57.6 Å². The summed E-state index contributed by atoms with van der Waals surface area (Å²) >= 11 is 0. The molecule has 0 saturated heterocycles. The predicted octanol–water partition coefficient (Wildman–Crippen LogP) is 2.96. The molecule has 0 heterocycles. The molecule has 1 aromatic rings. The summed E-state index contributed by atoms with van der Waals surface area (Å²) in [4.78, 5) is 25.5. The molecule has 120 valence electrons. The van der Waals surface area contributed by atoms with Gasteiger partial charge in [-0.1, -0.05) is 31.4 Å². The van der Waals surface area contributed by atoms with Crippen molar-refractivity contribution >= 4 is 11.9 Å². The highest BCUT2D eigenvalue weighted by Crippen LogP contribution is 2.41. The molecule has 0 spiro atoms. The van der Waals surface area contributed by atoms with E-state index >= 15 is 0 Å². The Morgan fingerprint density at radius 1 is 1.18 bits per heavy atom. The van der Waals surface area contributed by atoms with Gasteiger partial charge in [0.25, 0.3) is 0 Å². The van der Waals surface area contributed by atoms with Gasteiger partial charge in [-0.3, -0.25) is 4.79 Å². The van der Waals surface area contributed by atoms with Crippen LogP contribution in [-0.2, 0) is 15.0 Å². The number of rotatable bonds is 4. The Labute approximate surface area is 129 Å². The Hall–Kier alpha value is -1.91. The first kappa shape index (κ1) is 16.5. The van der Waals surface area contributed by atoms with Gasteiger partial charge in [0.05, 0.1) is 5.41 Å². The number of carbonyl (C=O) groups is 2. The third-order valence-corrected chi connectivity index (χ3v) is 4.77. The predicted molar refractivity (Wildman–Crippen MR) is 81.0 cm³/mol. The Morgan fingerprint density at radius 3 is 2.23 bits per heavy atom. The second-order valence-electron chi connectivity index (χ2n) is 6.08. The summed E-state index contributed by atoms with van der Waals surface area (Å²) in [5.41, 5.74) is 0.0489. The van der Waals surface area contributed by atoms with E-state index in [2.05, 4.69) is 0 Å². The van der Waals surface area contributed by atoms with Gasteiger partial charge in [0.2, 0.25) is 5.91 Å². The lowest BCUT2D eigenvalue weighted by atomic mass is 9.68. The lowest BCUT2D eigenvalue weighted by Gasteiger charge is -2.40. The lowest BCUT2D eigenvalue weighted by molar-refractivity contribution is -0.151. The fourth-order valence-corrected chi connectivity index (χ4v) is 3.23. The highest BCUT2D eigenvalue weighted by molar-refractivity contribution is 5.91. The van der Waals surface area contributed by atoms with Gasteiger partial charge in [-0.25, -0.2) is 9.18 Å². The molecule has 0 aliphatic heterocycles. The van der Waals surface area contributed by atoms with Gasteiger partial charge in [-0.15, -0.1) is 0 Å². The van der Waals surface area contributed by atoms with Crippen molar-refractivity contribution < 1.29 is 19.1 Å². The number of aliphatic carboxylic acids is 1. The standard InChI is InChI=1S/C17H22FNO3/c1-12(15(20)21)19(2)16(22)17(10-4-3-5-11-17)13-6-8-14(18)9-7-13/h6-9,12H,3-5,10-11H2,1-2H3,(H,20,21). The maximum absolute atomic E-state index is 13.2. The van der Waals surface area contributed by atoms with Gasteiger partial charge in [-0.05, 0) is 37.5 Å². The van der Waals surface area contributed by atoms with Crippen LogP contribution >= 0.6 is 0 Å². The van der Waals surface area contributed by atoms with Crippen molar-refractivity contribution in [2.24, 2.45) is 0 Å². The number of carboxylic acids is 1. The van der Waals surface area contributed by atoms with Crippen molar-refractivity contribution in [2.75, 3.05) is 7.05 Å². The molecule has 2 rings (SSSR count). The third kappa shape index (κ3) is 2.98. The lowest BCUT2D eigenvalue weighted by Crippen LogP contribution is -2.51. The highest BCUT2D eigenvalue weighted by Gasteiger charge is 2.44. The number of carbonyl (C=O) groups excluding carboxylic acids is 1. The molecular weight excluding hydrogens is 285 g/mol. The summed E-state index contributed by atoms with van der Waals surface area (Å²) in [6.45, 7) is 1.50. The normalized spacial score (nSPS) is 18.5. The molecule has 1 aliphatic rings. The van der Waals surface area contributed by atoms with Crippen LogP contribution in [0.25, 0.3) is 0 Å². The zero-order valence-corrected chi connectivity index (χ0v) is 13.0. The van der Waals surface area contributed by atoms with Crippen LogP contribution in [0.3, 0.4) is 0 Å². The average molecular weight is 307 g/mol. The Bertz CT molecular complexity index is 550. The zero-order chi connectivity index (χ0) is 16.3. The molecule has 5 heteroatoms. The second kappa shape index (κ2) is 6.46. The molecule has 0 aromatic heterocycles. The molecule has 1 aliphatic carbocycles. The molecule has 0 bridgehead atoms. The smallest absolute Gasteiger partial charge is 0.326 e. The van der Waals surface area contributed by atoms with Gasteiger partial charge in [-0.2, -0.15) is 0 Å². The van der Waals surface area contributed by atoms with Gasteiger partial charge < -0.3 is 10.0 Å². The minimum Gasteiger partial charge on any atom is -0.480 e. The number of benzene rings is 1. The summed E-state index contributed by atoms with van der Waals surface area (Å²) in [5.74, 6) is -1.55. The van der Waals surface area contributed by atoms with Crippen LogP contribution in [0.15, 0.2) is 24.3 Å². The van der Waals surface area contributed by atoms with Crippen LogP contribution in [-0.4, -0.2) is 35.0 Å². The zero-order valence-electron chi connectivity index (χ0n) is 13.0. The largest absolute Gasteiger partial charge is 0.480 e. The van der Waals surface area contributed by atoms with Gasteiger partial charge in [0.15, 0.2) is 0 Å². The van der Waals surface area contributed by atoms with Crippen molar-refractivity contribution in [3.63, 3.8) is 0 Å². The van der Waals surface area contributed by atoms with E-state index in [1.807, 2.05) is 0 Å². The number of hydrogen-bond acceptors (Lipinski definition) is 2. The van der Waals surface area contributed by atoms with E-state index in [0.717, 1.165) is 24.8 Å². The monoisotopic (exact) mass is 307 g/mol. The molecule has 1 N–H and O–H groups in total. The molecule has 22 heavy (non-hydrogen) atoms. The van der Waals surface area contributed by atoms with Crippen LogP contribution in [0, 0.1) is 5.82 Å². The number of hydrogen-bond donors (Lipinski definition) is 1. The first-order valence-corrected chi connectivity index (χ1v) is 7.64. The quantitative estimate of drug-likeness (QED) is 0.930. The summed E-state index contributed by atoms with van der Waals surface area (Å²) in [6.07, 6.45) is 4.24. The Kier molecular flexibility index (Phi) is 4.84. The first-order chi connectivity index (χ1) is 10.4. The second-order valence-corrected chi connectivity index (χ2v) is 6.08. The summed E-state index contributed by atoms with van der Waals surface area (Å²) < 4.78 is 13.2. The van der Waals surface area contributed by atoms with Crippen molar-refractivity contribution in [1.82, 2.24) is 4.90 Å². The van der Waals surface area contributed by atoms with Crippen LogP contribution in [0.2, 0.25) is 0 Å². The number of halogens is 1. The minimum atomic E-state index is -1.03. The van der Waals surface area contributed by atoms with Crippen LogP contribution in [0.5, 0.6) is 0 Å². The van der Waals surface area contributed by atoms with Crippen molar-refractivity contribution in [3.8, 4) is 0 Å². The molecule has 4 nitrogen and oxygen atoms in total. The number of nitrogens with zero attached hydrogens (tertiary/aromatic N) is 1.